The van der Waals surface area contributed by atoms with Gasteiger partial charge in [0, 0.05) is 18.6 Å². The second-order valence-corrected chi connectivity index (χ2v) is 10.6. The lowest BCUT2D eigenvalue weighted by Crippen LogP contribution is -2.38. The molecule has 0 aromatic heterocycles. The quantitative estimate of drug-likeness (QED) is 0.292. The lowest BCUT2D eigenvalue weighted by molar-refractivity contribution is -0.0327. The third-order valence-corrected chi connectivity index (χ3v) is 6.38. The van der Waals surface area contributed by atoms with Crippen LogP contribution in [-0.4, -0.2) is 55.8 Å². The second-order valence-electron chi connectivity index (χ2n) is 8.10. The molecule has 2 aromatic rings. The van der Waals surface area contributed by atoms with Gasteiger partial charge >= 0.3 is 5.97 Å². The number of hydrogen-bond acceptors (Lipinski definition) is 7. The summed E-state index contributed by atoms with van der Waals surface area (Å²) in [6.07, 6.45) is -2.49. The minimum Gasteiger partial charge on any atom is -0.453 e. The largest absolute Gasteiger partial charge is 0.453 e. The van der Waals surface area contributed by atoms with Gasteiger partial charge < -0.3 is 18.7 Å². The molecule has 1 unspecified atom stereocenters. The van der Waals surface area contributed by atoms with Crippen LogP contribution in [-0.2, 0) is 23.3 Å². The topological polar surface area (TPSA) is 88.1 Å². The van der Waals surface area contributed by atoms with Gasteiger partial charge in [0.2, 0.25) is 7.37 Å². The molecule has 1 aliphatic rings. The lowest BCUT2D eigenvalue weighted by Gasteiger charge is -2.25. The van der Waals surface area contributed by atoms with E-state index in [9.17, 15) is 14.2 Å². The van der Waals surface area contributed by atoms with Gasteiger partial charge in [0.15, 0.2) is 11.9 Å². The SMILES string of the molecule is CC(C)OP(C)(=O)CO[C@H]1CO[C@@H](CC(=O)c2ccccc2)[C@@H]1OC(=O)c1ccccc1. The molecule has 2 aromatic carbocycles. The van der Waals surface area contributed by atoms with Gasteiger partial charge in [-0.1, -0.05) is 48.5 Å². The number of benzene rings is 2. The molecule has 172 valence electrons. The van der Waals surface area contributed by atoms with Crippen molar-refractivity contribution in [1.82, 2.24) is 0 Å². The van der Waals surface area contributed by atoms with Gasteiger partial charge in [0.05, 0.1) is 18.3 Å². The Bertz CT molecular complexity index is 945. The Balaban J connectivity index is 1.73. The summed E-state index contributed by atoms with van der Waals surface area (Å²) in [7, 11) is -3.00. The number of rotatable bonds is 10. The molecule has 0 bridgehead atoms. The summed E-state index contributed by atoms with van der Waals surface area (Å²) in [4.78, 5) is 25.4. The van der Waals surface area contributed by atoms with Crippen molar-refractivity contribution in [3.8, 4) is 0 Å². The van der Waals surface area contributed by atoms with Crippen molar-refractivity contribution in [2.75, 3.05) is 19.6 Å². The first-order valence-corrected chi connectivity index (χ1v) is 12.8. The number of ether oxygens (including phenoxy) is 3. The molecular weight excluding hydrogens is 431 g/mol. The Morgan fingerprint density at radius 1 is 1.03 bits per heavy atom. The lowest BCUT2D eigenvalue weighted by atomic mass is 10.0. The highest BCUT2D eigenvalue weighted by Crippen LogP contribution is 2.44. The molecule has 0 spiro atoms. The van der Waals surface area contributed by atoms with Gasteiger partial charge in [0.25, 0.3) is 0 Å². The van der Waals surface area contributed by atoms with Gasteiger partial charge in [-0.05, 0) is 26.0 Å². The van der Waals surface area contributed by atoms with E-state index < -0.39 is 31.7 Å². The number of hydrogen-bond donors (Lipinski definition) is 0. The average molecular weight is 460 g/mol. The first-order chi connectivity index (χ1) is 15.2. The average Bonchev–Trinajstić information content (AvgIpc) is 3.13. The Morgan fingerprint density at radius 3 is 2.22 bits per heavy atom. The Hall–Kier alpha value is -2.31. The van der Waals surface area contributed by atoms with E-state index in [2.05, 4.69) is 0 Å². The smallest absolute Gasteiger partial charge is 0.338 e. The number of Topliss-reactive ketones (excluding diaryl/α,β-unsaturated/α-hetero) is 1. The zero-order valence-corrected chi connectivity index (χ0v) is 19.4. The number of carbonyl (C=O) groups is 2. The van der Waals surface area contributed by atoms with Crippen molar-refractivity contribution < 1.29 is 32.9 Å². The van der Waals surface area contributed by atoms with Crippen LogP contribution in [0.4, 0.5) is 0 Å². The summed E-state index contributed by atoms with van der Waals surface area (Å²) < 4.78 is 35.5. The Morgan fingerprint density at radius 2 is 1.62 bits per heavy atom. The fourth-order valence-electron chi connectivity index (χ4n) is 3.52. The van der Waals surface area contributed by atoms with Crippen LogP contribution >= 0.6 is 7.37 Å². The first-order valence-electron chi connectivity index (χ1n) is 10.6. The first kappa shape index (κ1) is 24.3. The van der Waals surface area contributed by atoms with Crippen LogP contribution in [0.5, 0.6) is 0 Å². The standard InChI is InChI=1S/C24H29O7P/c1-17(2)31-32(3,27)16-29-22-15-28-21(14-20(25)18-10-6-4-7-11-18)23(22)30-24(26)19-12-8-5-9-13-19/h4-13,17,21-23H,14-16H2,1-3H3/t21-,22-,23-,32?/m0/s1. The van der Waals surface area contributed by atoms with Crippen molar-refractivity contribution in [3.63, 3.8) is 0 Å². The minimum absolute atomic E-state index is 0.0306. The van der Waals surface area contributed by atoms with Crippen molar-refractivity contribution >= 4 is 19.1 Å². The molecule has 1 saturated heterocycles. The molecule has 0 aliphatic carbocycles. The van der Waals surface area contributed by atoms with E-state index in [-0.39, 0.29) is 31.3 Å². The Kier molecular flexibility index (Phi) is 8.38. The molecule has 0 N–H and O–H groups in total. The number of esters is 1. The summed E-state index contributed by atoms with van der Waals surface area (Å²) >= 11 is 0. The molecule has 0 radical (unpaired) electrons. The molecule has 8 heteroatoms. The summed E-state index contributed by atoms with van der Waals surface area (Å²) in [5, 5.41) is 0. The molecule has 7 nitrogen and oxygen atoms in total. The van der Waals surface area contributed by atoms with Crippen LogP contribution in [0.15, 0.2) is 60.7 Å². The molecule has 1 heterocycles. The van der Waals surface area contributed by atoms with Crippen LogP contribution < -0.4 is 0 Å². The molecule has 1 aliphatic heterocycles. The zero-order valence-electron chi connectivity index (χ0n) is 18.5. The maximum Gasteiger partial charge on any atom is 0.338 e. The second kappa shape index (κ2) is 11.0. The van der Waals surface area contributed by atoms with Crippen LogP contribution in [0.1, 0.15) is 41.0 Å². The molecule has 4 atom stereocenters. The van der Waals surface area contributed by atoms with Crippen LogP contribution in [0.3, 0.4) is 0 Å². The highest BCUT2D eigenvalue weighted by atomic mass is 31.2. The van der Waals surface area contributed by atoms with E-state index in [1.807, 2.05) is 6.07 Å². The maximum atomic E-state index is 12.7. The number of carbonyl (C=O) groups excluding carboxylic acids is 2. The van der Waals surface area contributed by atoms with Crippen molar-refractivity contribution in [2.24, 2.45) is 0 Å². The maximum absolute atomic E-state index is 12.7. The summed E-state index contributed by atoms with van der Waals surface area (Å²) in [6, 6.07) is 17.4. The summed E-state index contributed by atoms with van der Waals surface area (Å²) in [5.74, 6) is -0.661. The molecule has 32 heavy (non-hydrogen) atoms. The van der Waals surface area contributed by atoms with E-state index in [1.165, 1.54) is 6.66 Å². The third-order valence-electron chi connectivity index (χ3n) is 4.90. The van der Waals surface area contributed by atoms with Gasteiger partial charge in [-0.15, -0.1) is 0 Å². The fourth-order valence-corrected chi connectivity index (χ4v) is 4.93. The van der Waals surface area contributed by atoms with E-state index in [1.54, 1.807) is 68.4 Å². The highest BCUT2D eigenvalue weighted by molar-refractivity contribution is 7.57. The van der Waals surface area contributed by atoms with Crippen molar-refractivity contribution in [3.05, 3.63) is 71.8 Å². The van der Waals surface area contributed by atoms with Gasteiger partial charge in [0.1, 0.15) is 18.6 Å². The third kappa shape index (κ3) is 6.84. The summed E-state index contributed by atoms with van der Waals surface area (Å²) in [6.45, 7) is 5.21. The van der Waals surface area contributed by atoms with Gasteiger partial charge in [-0.3, -0.25) is 9.36 Å². The molecule has 3 rings (SSSR count). The van der Waals surface area contributed by atoms with E-state index in [0.29, 0.717) is 11.1 Å². The molecular formula is C24H29O7P. The molecule has 0 saturated carbocycles. The monoisotopic (exact) mass is 460 g/mol. The Labute approximate surface area is 188 Å². The predicted octanol–water partition coefficient (Wildman–Crippen LogP) is 4.56. The molecule has 0 amide bonds. The van der Waals surface area contributed by atoms with Crippen molar-refractivity contribution in [1.29, 1.82) is 0 Å². The molecule has 1 fully saturated rings. The number of ketones is 1. The van der Waals surface area contributed by atoms with Crippen LogP contribution in [0.2, 0.25) is 0 Å². The van der Waals surface area contributed by atoms with E-state index in [4.69, 9.17) is 18.7 Å². The van der Waals surface area contributed by atoms with Crippen molar-refractivity contribution in [2.45, 2.75) is 44.7 Å². The highest BCUT2D eigenvalue weighted by Gasteiger charge is 2.43. The minimum atomic E-state index is -3.00. The van der Waals surface area contributed by atoms with Crippen LogP contribution in [0.25, 0.3) is 0 Å². The van der Waals surface area contributed by atoms with E-state index >= 15 is 0 Å². The van der Waals surface area contributed by atoms with Crippen LogP contribution in [0, 0.1) is 0 Å². The summed E-state index contributed by atoms with van der Waals surface area (Å²) in [5.41, 5.74) is 0.938. The normalized spacial score (nSPS) is 22.4. The van der Waals surface area contributed by atoms with Gasteiger partial charge in [-0.2, -0.15) is 0 Å². The predicted molar refractivity (Wildman–Crippen MR) is 120 cm³/mol. The van der Waals surface area contributed by atoms with E-state index in [0.717, 1.165) is 0 Å². The van der Waals surface area contributed by atoms with Gasteiger partial charge in [-0.25, -0.2) is 4.79 Å². The fraction of sp³-hybridized carbons (Fsp3) is 0.417. The zero-order chi connectivity index (χ0) is 23.1.